The maximum Gasteiger partial charge on any atom is 0.305 e. The summed E-state index contributed by atoms with van der Waals surface area (Å²) < 4.78 is 10.3. The molecule has 0 amide bonds. The first kappa shape index (κ1) is 35.9. The molecule has 0 fully saturated rings. The Balaban J connectivity index is 3.45. The lowest BCUT2D eigenvalue weighted by Gasteiger charge is -2.12. The first-order valence-electron chi connectivity index (χ1n) is 15.8. The molecular formula is C32H62O5. The molecule has 0 aliphatic carbocycles. The fourth-order valence-corrected chi connectivity index (χ4v) is 4.48. The van der Waals surface area contributed by atoms with Crippen LogP contribution >= 0.6 is 0 Å². The summed E-state index contributed by atoms with van der Waals surface area (Å²) in [6.45, 7) is 8.94. The number of carbonyl (C=O) groups is 2. The van der Waals surface area contributed by atoms with Crippen LogP contribution in [0.1, 0.15) is 163 Å². The van der Waals surface area contributed by atoms with E-state index in [2.05, 4.69) is 27.7 Å². The van der Waals surface area contributed by atoms with Gasteiger partial charge in [-0.1, -0.05) is 137 Å². The third-order valence-corrected chi connectivity index (χ3v) is 7.31. The van der Waals surface area contributed by atoms with Crippen LogP contribution < -0.4 is 0 Å². The molecule has 1 unspecified atom stereocenters. The van der Waals surface area contributed by atoms with Crippen LogP contribution in [0.3, 0.4) is 0 Å². The molecule has 0 heterocycles. The Morgan fingerprint density at radius 1 is 0.568 bits per heavy atom. The van der Waals surface area contributed by atoms with E-state index < -0.39 is 6.10 Å². The average Bonchev–Trinajstić information content (AvgIpc) is 2.87. The number of ether oxygens (including phenoxy) is 2. The normalized spacial score (nSPS) is 13.0. The van der Waals surface area contributed by atoms with Crippen molar-refractivity contribution in [3.05, 3.63) is 0 Å². The average molecular weight is 527 g/mol. The van der Waals surface area contributed by atoms with Crippen molar-refractivity contribution in [3.8, 4) is 0 Å². The molecule has 1 N–H and O–H groups in total. The van der Waals surface area contributed by atoms with E-state index in [1.165, 1.54) is 83.5 Å². The number of aliphatic hydroxyl groups excluding tert-OH is 1. The zero-order chi connectivity index (χ0) is 27.6. The van der Waals surface area contributed by atoms with Crippen molar-refractivity contribution >= 4 is 11.9 Å². The Morgan fingerprint density at radius 3 is 1.30 bits per heavy atom. The molecule has 0 aliphatic heterocycles. The number of hydrogen-bond donors (Lipinski definition) is 1. The Hall–Kier alpha value is -1.10. The van der Waals surface area contributed by atoms with Gasteiger partial charge >= 0.3 is 11.9 Å². The van der Waals surface area contributed by atoms with Crippen molar-refractivity contribution in [2.45, 2.75) is 169 Å². The number of hydrogen-bond acceptors (Lipinski definition) is 5. The molecule has 5 heteroatoms. The van der Waals surface area contributed by atoms with Crippen molar-refractivity contribution in [2.24, 2.45) is 11.8 Å². The maximum absolute atomic E-state index is 11.9. The van der Waals surface area contributed by atoms with Crippen LogP contribution in [0.4, 0.5) is 0 Å². The molecule has 37 heavy (non-hydrogen) atoms. The highest BCUT2D eigenvalue weighted by Gasteiger charge is 2.12. The fourth-order valence-electron chi connectivity index (χ4n) is 4.48. The second-order valence-electron chi connectivity index (χ2n) is 11.7. The quantitative estimate of drug-likeness (QED) is 0.0854. The number of esters is 2. The molecule has 0 aromatic rings. The summed E-state index contributed by atoms with van der Waals surface area (Å²) in [5.41, 5.74) is 0. The molecular weight excluding hydrogens is 464 g/mol. The van der Waals surface area contributed by atoms with Gasteiger partial charge in [0.05, 0.1) is 0 Å². The minimum Gasteiger partial charge on any atom is -0.463 e. The molecule has 2 atom stereocenters. The van der Waals surface area contributed by atoms with E-state index in [1.807, 2.05) is 0 Å². The van der Waals surface area contributed by atoms with Gasteiger partial charge in [-0.05, 0) is 24.7 Å². The highest BCUT2D eigenvalue weighted by molar-refractivity contribution is 5.69. The van der Waals surface area contributed by atoms with E-state index in [0.717, 1.165) is 50.4 Å². The molecule has 0 saturated heterocycles. The summed E-state index contributed by atoms with van der Waals surface area (Å²) in [7, 11) is 0. The zero-order valence-corrected chi connectivity index (χ0v) is 25.1. The lowest BCUT2D eigenvalue weighted by atomic mass is 9.99. The first-order chi connectivity index (χ1) is 17.8. The van der Waals surface area contributed by atoms with Gasteiger partial charge in [0.25, 0.3) is 0 Å². The molecule has 0 saturated carbocycles. The van der Waals surface area contributed by atoms with Crippen LogP contribution in [-0.2, 0) is 19.1 Å². The molecule has 0 spiro atoms. The van der Waals surface area contributed by atoms with E-state index >= 15 is 0 Å². The standard InChI is InChI=1S/C32H62O5/c1-5-29(4)23-19-15-11-7-9-13-17-21-25-32(35)37-27-30(33)26-36-31(34)24-20-16-12-8-6-10-14-18-22-28(2)3/h28-30,33H,5-27H2,1-4H3/t29?,30-/m0/s1. The molecule has 0 bridgehead atoms. The van der Waals surface area contributed by atoms with Crippen LogP contribution in [0.5, 0.6) is 0 Å². The van der Waals surface area contributed by atoms with Crippen molar-refractivity contribution in [2.75, 3.05) is 13.2 Å². The Kier molecular flexibility index (Phi) is 25.7. The third-order valence-electron chi connectivity index (χ3n) is 7.31. The van der Waals surface area contributed by atoms with Gasteiger partial charge in [-0.15, -0.1) is 0 Å². The molecule has 0 aromatic heterocycles. The Morgan fingerprint density at radius 2 is 0.919 bits per heavy atom. The molecule has 220 valence electrons. The topological polar surface area (TPSA) is 72.8 Å². The van der Waals surface area contributed by atoms with Gasteiger partial charge in [0, 0.05) is 12.8 Å². The summed E-state index contributed by atoms with van der Waals surface area (Å²) in [5, 5.41) is 9.93. The molecule has 0 aromatic carbocycles. The Bertz CT molecular complexity index is 519. The SMILES string of the molecule is CCC(C)CCCCCCCCCCC(=O)OC[C@@H](O)COC(=O)CCCCCCCCCCC(C)C. The van der Waals surface area contributed by atoms with Crippen LogP contribution in [0, 0.1) is 11.8 Å². The van der Waals surface area contributed by atoms with Crippen molar-refractivity contribution < 1.29 is 24.2 Å². The predicted molar refractivity (Wildman–Crippen MR) is 155 cm³/mol. The summed E-state index contributed by atoms with van der Waals surface area (Å²) in [6.07, 6.45) is 22.9. The van der Waals surface area contributed by atoms with Gasteiger partial charge in [0.1, 0.15) is 19.3 Å². The highest BCUT2D eigenvalue weighted by atomic mass is 16.6. The zero-order valence-electron chi connectivity index (χ0n) is 25.1. The smallest absolute Gasteiger partial charge is 0.305 e. The second-order valence-corrected chi connectivity index (χ2v) is 11.7. The summed E-state index contributed by atoms with van der Waals surface area (Å²) in [5.74, 6) is 1.11. The third kappa shape index (κ3) is 27.7. The maximum atomic E-state index is 11.9. The minimum absolute atomic E-state index is 0.111. The number of unbranched alkanes of at least 4 members (excludes halogenated alkanes) is 14. The van der Waals surface area contributed by atoms with Gasteiger partial charge in [-0.3, -0.25) is 9.59 Å². The van der Waals surface area contributed by atoms with Crippen molar-refractivity contribution in [1.82, 2.24) is 0 Å². The van der Waals surface area contributed by atoms with Crippen LogP contribution in [-0.4, -0.2) is 36.4 Å². The highest BCUT2D eigenvalue weighted by Crippen LogP contribution is 2.15. The van der Waals surface area contributed by atoms with Gasteiger partial charge in [0.15, 0.2) is 0 Å². The minimum atomic E-state index is -0.955. The van der Waals surface area contributed by atoms with E-state index in [4.69, 9.17) is 9.47 Å². The van der Waals surface area contributed by atoms with E-state index in [-0.39, 0.29) is 25.2 Å². The summed E-state index contributed by atoms with van der Waals surface area (Å²) in [4.78, 5) is 23.7. The van der Waals surface area contributed by atoms with Crippen LogP contribution in [0.15, 0.2) is 0 Å². The number of aliphatic hydroxyl groups is 1. The van der Waals surface area contributed by atoms with Crippen LogP contribution in [0.25, 0.3) is 0 Å². The predicted octanol–water partition coefficient (Wildman–Crippen LogP) is 8.94. The molecule has 0 radical (unpaired) electrons. The van der Waals surface area contributed by atoms with E-state index in [0.29, 0.717) is 12.8 Å². The monoisotopic (exact) mass is 526 g/mol. The van der Waals surface area contributed by atoms with Crippen LogP contribution in [0.2, 0.25) is 0 Å². The van der Waals surface area contributed by atoms with Gasteiger partial charge < -0.3 is 14.6 Å². The largest absolute Gasteiger partial charge is 0.463 e. The van der Waals surface area contributed by atoms with E-state index in [1.54, 1.807) is 0 Å². The molecule has 0 rings (SSSR count). The summed E-state index contributed by atoms with van der Waals surface area (Å²) in [6, 6.07) is 0. The van der Waals surface area contributed by atoms with E-state index in [9.17, 15) is 14.7 Å². The lowest BCUT2D eigenvalue weighted by Crippen LogP contribution is -2.25. The number of rotatable bonds is 27. The van der Waals surface area contributed by atoms with Crippen molar-refractivity contribution in [1.29, 1.82) is 0 Å². The van der Waals surface area contributed by atoms with Gasteiger partial charge in [-0.2, -0.15) is 0 Å². The molecule has 0 aliphatic rings. The van der Waals surface area contributed by atoms with Gasteiger partial charge in [0.2, 0.25) is 0 Å². The fraction of sp³-hybridized carbons (Fsp3) is 0.938. The molecule has 5 nitrogen and oxygen atoms in total. The van der Waals surface area contributed by atoms with Crippen molar-refractivity contribution in [3.63, 3.8) is 0 Å². The number of carbonyl (C=O) groups excluding carboxylic acids is 2. The van der Waals surface area contributed by atoms with Gasteiger partial charge in [-0.25, -0.2) is 0 Å². The lowest BCUT2D eigenvalue weighted by molar-refractivity contribution is -0.152. The summed E-state index contributed by atoms with van der Waals surface area (Å²) >= 11 is 0. The first-order valence-corrected chi connectivity index (χ1v) is 15.8. The Labute approximate surface area is 229 Å². The second kappa shape index (κ2) is 26.5.